The highest BCUT2D eigenvalue weighted by Gasteiger charge is 2.41. The van der Waals surface area contributed by atoms with Crippen LogP contribution in [0.4, 0.5) is 0 Å². The van der Waals surface area contributed by atoms with Crippen LogP contribution in [-0.4, -0.2) is 108 Å². The van der Waals surface area contributed by atoms with E-state index in [-0.39, 0.29) is 0 Å². The fourth-order valence-electron chi connectivity index (χ4n) is 1.39. The van der Waals surface area contributed by atoms with E-state index in [1.54, 1.807) is 0 Å². The Kier molecular flexibility index (Phi) is 9.59. The van der Waals surface area contributed by atoms with Crippen molar-refractivity contribution < 1.29 is 55.5 Å². The quantitative estimate of drug-likeness (QED) is 0.175. The smallest absolute Gasteiger partial charge is 0.342 e. The van der Waals surface area contributed by atoms with Gasteiger partial charge in [0.05, 0.1) is 19.8 Å². The predicted octanol–water partition coefficient (Wildman–Crippen LogP) is -5.23. The normalized spacial score (nSPS) is 20.2. The van der Waals surface area contributed by atoms with Crippen LogP contribution in [0.2, 0.25) is 0 Å². The molecule has 11 heteroatoms. The van der Waals surface area contributed by atoms with E-state index in [0.717, 1.165) is 0 Å². The Morgan fingerprint density at radius 3 is 1.82 bits per heavy atom. The van der Waals surface area contributed by atoms with Gasteiger partial charge in [-0.15, -0.1) is 0 Å². The van der Waals surface area contributed by atoms with Crippen LogP contribution in [0.5, 0.6) is 0 Å². The van der Waals surface area contributed by atoms with Crippen LogP contribution in [0.25, 0.3) is 0 Å². The topological polar surface area (TPSA) is 208 Å². The zero-order chi connectivity index (χ0) is 17.4. The monoisotopic (exact) mass is 329 g/mol. The van der Waals surface area contributed by atoms with Gasteiger partial charge < -0.3 is 50.7 Å². The van der Waals surface area contributed by atoms with E-state index in [0.29, 0.717) is 0 Å². The molecule has 0 aromatic carbocycles. The summed E-state index contributed by atoms with van der Waals surface area (Å²) in [6.45, 7) is -2.40. The van der Waals surface area contributed by atoms with Crippen molar-refractivity contribution in [1.29, 1.82) is 0 Å². The summed E-state index contributed by atoms with van der Waals surface area (Å²) >= 11 is 0. The van der Waals surface area contributed by atoms with Crippen LogP contribution in [0.3, 0.4) is 0 Å². The highest BCUT2D eigenvalue weighted by Crippen LogP contribution is 2.18. The van der Waals surface area contributed by atoms with E-state index in [4.69, 9.17) is 25.5 Å². The number of carboxylic acid groups (broad SMARTS) is 1. The Morgan fingerprint density at radius 1 is 0.864 bits per heavy atom. The minimum absolute atomic E-state index is 0.709. The second-order valence-electron chi connectivity index (χ2n) is 4.48. The molecule has 0 amide bonds. The molecule has 0 spiro atoms. The number of carbonyl (C=O) groups is 1. The molecule has 0 aliphatic heterocycles. The Balaban J connectivity index is 4.83. The molecule has 0 heterocycles. The van der Waals surface area contributed by atoms with Gasteiger partial charge in [0.15, 0.2) is 0 Å². The van der Waals surface area contributed by atoms with Gasteiger partial charge in [0.2, 0.25) is 6.10 Å². The summed E-state index contributed by atoms with van der Waals surface area (Å²) in [4.78, 5) is 10.9. The summed E-state index contributed by atoms with van der Waals surface area (Å²) in [5.74, 6) is -1.82. The Bertz CT molecular complexity index is 325. The summed E-state index contributed by atoms with van der Waals surface area (Å²) in [5.41, 5.74) is 0. The Morgan fingerprint density at radius 2 is 1.41 bits per heavy atom. The van der Waals surface area contributed by atoms with Gasteiger partial charge >= 0.3 is 5.97 Å². The van der Waals surface area contributed by atoms with Crippen molar-refractivity contribution in [2.45, 2.75) is 36.6 Å². The molecule has 0 rings (SSSR count). The minimum Gasteiger partial charge on any atom is -0.479 e. The van der Waals surface area contributed by atoms with Crippen LogP contribution < -0.4 is 0 Å². The van der Waals surface area contributed by atoms with Gasteiger partial charge in [-0.3, -0.25) is 0 Å². The number of hydrogen-bond donors (Lipinski definition) is 9. The first-order valence-corrected chi connectivity index (χ1v) is 6.20. The van der Waals surface area contributed by atoms with Crippen LogP contribution in [-0.2, 0) is 9.53 Å². The van der Waals surface area contributed by atoms with E-state index >= 15 is 0 Å². The van der Waals surface area contributed by atoms with Crippen molar-refractivity contribution in [3.63, 3.8) is 0 Å². The maximum Gasteiger partial charge on any atom is 0.342 e. The molecule has 0 aromatic heterocycles. The van der Waals surface area contributed by atoms with Crippen molar-refractivity contribution in [3.8, 4) is 0 Å². The first kappa shape index (κ1) is 21.1. The molecule has 0 saturated heterocycles. The first-order valence-electron chi connectivity index (χ1n) is 6.20. The maximum atomic E-state index is 10.9. The molecule has 0 aromatic rings. The fraction of sp³-hybridized carbons (Fsp3) is 0.818. The molecular formula is C11H21O11. The van der Waals surface area contributed by atoms with Crippen molar-refractivity contribution in [2.24, 2.45) is 0 Å². The first-order chi connectivity index (χ1) is 10.2. The summed E-state index contributed by atoms with van der Waals surface area (Å²) < 4.78 is 4.55. The number of aliphatic hydroxyl groups is 8. The predicted molar refractivity (Wildman–Crippen MR) is 67.0 cm³/mol. The van der Waals surface area contributed by atoms with Crippen LogP contribution in [0.1, 0.15) is 0 Å². The average Bonchev–Trinajstić information content (AvgIpc) is 2.50. The van der Waals surface area contributed by atoms with Crippen LogP contribution in [0, 0.1) is 6.10 Å². The largest absolute Gasteiger partial charge is 0.479 e. The third kappa shape index (κ3) is 6.08. The molecular weight excluding hydrogens is 308 g/mol. The van der Waals surface area contributed by atoms with Crippen LogP contribution in [0.15, 0.2) is 0 Å². The summed E-state index contributed by atoms with van der Waals surface area (Å²) in [5, 5.41) is 82.3. The lowest BCUT2D eigenvalue weighted by atomic mass is 9.96. The Hall–Kier alpha value is -0.890. The van der Waals surface area contributed by atoms with Crippen molar-refractivity contribution in [3.05, 3.63) is 6.10 Å². The number of ether oxygens (including phenoxy) is 1. The number of aliphatic carboxylic acids is 1. The van der Waals surface area contributed by atoms with E-state index in [1.165, 1.54) is 0 Å². The number of carboxylic acids is 1. The van der Waals surface area contributed by atoms with Crippen molar-refractivity contribution in [2.75, 3.05) is 19.8 Å². The van der Waals surface area contributed by atoms with Gasteiger partial charge in [0, 0.05) is 0 Å². The minimum atomic E-state index is -2.31. The van der Waals surface area contributed by atoms with Gasteiger partial charge in [-0.05, 0) is 0 Å². The summed E-state index contributed by atoms with van der Waals surface area (Å²) in [6.07, 6.45) is -13.3. The fourth-order valence-corrected chi connectivity index (χ4v) is 1.39. The molecule has 131 valence electrons. The second-order valence-corrected chi connectivity index (χ2v) is 4.48. The molecule has 0 fully saturated rings. The van der Waals surface area contributed by atoms with Gasteiger partial charge in [0.25, 0.3) is 0 Å². The highest BCUT2D eigenvalue weighted by atomic mass is 16.5. The summed E-state index contributed by atoms with van der Waals surface area (Å²) in [7, 11) is 0. The summed E-state index contributed by atoms with van der Waals surface area (Å²) in [6, 6.07) is 0. The molecule has 11 nitrogen and oxygen atoms in total. The second kappa shape index (κ2) is 9.99. The molecule has 0 saturated carbocycles. The van der Waals surface area contributed by atoms with E-state index in [9.17, 15) is 25.2 Å². The van der Waals surface area contributed by atoms with Crippen LogP contribution >= 0.6 is 0 Å². The zero-order valence-corrected chi connectivity index (χ0v) is 11.4. The molecule has 22 heavy (non-hydrogen) atoms. The van der Waals surface area contributed by atoms with Gasteiger partial charge in [-0.1, -0.05) is 0 Å². The molecule has 0 aliphatic rings. The van der Waals surface area contributed by atoms with Gasteiger partial charge in [-0.2, -0.15) is 0 Å². The SMILES string of the molecule is O=C(O)[C](OCC(O)CO)C(O)[C@@H](O)[C@@H](O)[C@H](O)[C@H](O)CO. The third-order valence-corrected chi connectivity index (χ3v) is 2.73. The molecule has 1 radical (unpaired) electrons. The highest BCUT2D eigenvalue weighted by molar-refractivity contribution is 5.81. The molecule has 6 atom stereocenters. The van der Waals surface area contributed by atoms with E-state index in [2.05, 4.69) is 4.74 Å². The van der Waals surface area contributed by atoms with Gasteiger partial charge in [0.1, 0.15) is 36.6 Å². The lowest BCUT2D eigenvalue weighted by Crippen LogP contribution is -2.52. The van der Waals surface area contributed by atoms with E-state index in [1.807, 2.05) is 0 Å². The third-order valence-electron chi connectivity index (χ3n) is 2.73. The molecule has 0 bridgehead atoms. The number of rotatable bonds is 11. The standard InChI is InChI=1S/C11H21O11/c12-1-4(14)3-22-10(11(20)21)9(19)8(18)7(17)6(16)5(15)2-13/h4-9,12-19H,1-3H2,(H,20,21)/t4?,5-,6-,7+,8+,9?/m1/s1. The number of hydrogen-bond acceptors (Lipinski definition) is 10. The average molecular weight is 329 g/mol. The lowest BCUT2D eigenvalue weighted by Gasteiger charge is -2.30. The van der Waals surface area contributed by atoms with Crippen molar-refractivity contribution >= 4 is 5.97 Å². The molecule has 0 aliphatic carbocycles. The lowest BCUT2D eigenvalue weighted by molar-refractivity contribution is -0.165. The zero-order valence-electron chi connectivity index (χ0n) is 11.4. The molecule has 9 N–H and O–H groups in total. The van der Waals surface area contributed by atoms with Gasteiger partial charge in [-0.25, -0.2) is 4.79 Å². The Labute approximate surface area is 125 Å². The van der Waals surface area contributed by atoms with E-state index < -0.39 is 68.5 Å². The molecule has 2 unspecified atom stereocenters. The van der Waals surface area contributed by atoms with Crippen molar-refractivity contribution in [1.82, 2.24) is 0 Å². The number of aliphatic hydroxyl groups excluding tert-OH is 8. The maximum absolute atomic E-state index is 10.9.